The molecule has 146 valence electrons. The van der Waals surface area contributed by atoms with Gasteiger partial charge in [0, 0.05) is 13.6 Å². The maximum atomic E-state index is 12.7. The van der Waals surface area contributed by atoms with Crippen molar-refractivity contribution in [2.45, 2.75) is 20.1 Å². The monoisotopic (exact) mass is 406 g/mol. The minimum atomic E-state index is -2.88. The summed E-state index contributed by atoms with van der Waals surface area (Å²) in [6.07, 6.45) is 0. The molecule has 2 aromatic carbocycles. The summed E-state index contributed by atoms with van der Waals surface area (Å²) in [4.78, 5) is 18.3. The molecule has 1 amide bonds. The van der Waals surface area contributed by atoms with Gasteiger partial charge in [0.05, 0.1) is 10.7 Å². The number of aryl methyl sites for hydroxylation is 1. The van der Waals surface area contributed by atoms with Gasteiger partial charge < -0.3 is 9.64 Å². The molecule has 1 aromatic heterocycles. The third kappa shape index (κ3) is 4.45. The van der Waals surface area contributed by atoms with Crippen LogP contribution >= 0.6 is 11.6 Å². The van der Waals surface area contributed by atoms with E-state index in [1.807, 2.05) is 6.07 Å². The lowest BCUT2D eigenvalue weighted by Gasteiger charge is -2.15. The minimum absolute atomic E-state index is 0.0394. The van der Waals surface area contributed by atoms with Crippen molar-refractivity contribution in [2.24, 2.45) is 0 Å². The number of ether oxygens (including phenoxy) is 1. The Kier molecular flexibility index (Phi) is 5.89. The largest absolute Gasteiger partial charge is 0.435 e. The van der Waals surface area contributed by atoms with Crippen molar-refractivity contribution in [3.63, 3.8) is 0 Å². The maximum absolute atomic E-state index is 12.7. The van der Waals surface area contributed by atoms with Gasteiger partial charge in [0.1, 0.15) is 11.6 Å². The van der Waals surface area contributed by atoms with E-state index in [0.29, 0.717) is 16.5 Å². The number of hydrogen-bond acceptors (Lipinski definition) is 4. The summed E-state index contributed by atoms with van der Waals surface area (Å²) in [7, 11) is 1.61. The van der Waals surface area contributed by atoms with Crippen LogP contribution in [-0.4, -0.2) is 39.2 Å². The van der Waals surface area contributed by atoms with Crippen molar-refractivity contribution in [1.29, 1.82) is 0 Å². The number of aromatic nitrogens is 3. The zero-order valence-corrected chi connectivity index (χ0v) is 15.9. The van der Waals surface area contributed by atoms with Gasteiger partial charge in [0.15, 0.2) is 0 Å². The first kappa shape index (κ1) is 19.8. The summed E-state index contributed by atoms with van der Waals surface area (Å²) in [5.41, 5.74) is 1.38. The highest BCUT2D eigenvalue weighted by atomic mass is 35.5. The van der Waals surface area contributed by atoms with Gasteiger partial charge in [0.25, 0.3) is 5.91 Å². The molecular weight excluding hydrogens is 390 g/mol. The number of nitrogens with zero attached hydrogens (tertiary/aromatic N) is 4. The molecule has 0 aliphatic rings. The number of para-hydroxylation sites is 1. The Morgan fingerprint density at radius 3 is 2.54 bits per heavy atom. The van der Waals surface area contributed by atoms with E-state index in [9.17, 15) is 13.6 Å². The number of carbonyl (C=O) groups is 1. The summed E-state index contributed by atoms with van der Waals surface area (Å²) in [5, 5.41) is 4.77. The molecule has 0 aliphatic heterocycles. The van der Waals surface area contributed by atoms with Gasteiger partial charge in [-0.15, -0.1) is 5.10 Å². The molecule has 0 saturated carbocycles. The third-order valence-electron chi connectivity index (χ3n) is 3.96. The van der Waals surface area contributed by atoms with Crippen LogP contribution in [0.2, 0.25) is 5.02 Å². The normalized spacial score (nSPS) is 10.9. The average molecular weight is 407 g/mol. The Bertz CT molecular complexity index is 976. The molecule has 0 bridgehead atoms. The van der Waals surface area contributed by atoms with E-state index < -0.39 is 6.61 Å². The number of carbonyl (C=O) groups excluding carboxylic acids is 1. The molecule has 3 aromatic rings. The molecule has 0 fully saturated rings. The molecule has 3 rings (SSSR count). The lowest BCUT2D eigenvalue weighted by atomic mass is 10.2. The Balaban J connectivity index is 1.73. The third-order valence-corrected chi connectivity index (χ3v) is 4.28. The average Bonchev–Trinajstić information content (AvgIpc) is 3.04. The summed E-state index contributed by atoms with van der Waals surface area (Å²) in [5.74, 6) is 0.251. The standard InChI is InChI=1S/C19H17ClF2N4O2/c1-12-23-17(24-26(12)16-6-4-3-5-15(16)20)18(27)25(2)11-13-7-9-14(10-8-13)28-19(21)22/h3-10,19H,11H2,1-2H3. The van der Waals surface area contributed by atoms with Crippen molar-refractivity contribution in [3.8, 4) is 11.4 Å². The molecule has 9 heteroatoms. The fourth-order valence-electron chi connectivity index (χ4n) is 2.63. The second-order valence-corrected chi connectivity index (χ2v) is 6.44. The summed E-state index contributed by atoms with van der Waals surface area (Å²) in [6.45, 7) is -0.889. The number of rotatable bonds is 6. The van der Waals surface area contributed by atoms with E-state index in [-0.39, 0.29) is 24.0 Å². The van der Waals surface area contributed by atoms with Gasteiger partial charge in [-0.05, 0) is 36.8 Å². The van der Waals surface area contributed by atoms with E-state index in [2.05, 4.69) is 14.8 Å². The summed E-state index contributed by atoms with van der Waals surface area (Å²) < 4.78 is 30.2. The number of hydrogen-bond donors (Lipinski definition) is 0. The van der Waals surface area contributed by atoms with E-state index in [1.165, 1.54) is 21.7 Å². The molecule has 28 heavy (non-hydrogen) atoms. The lowest BCUT2D eigenvalue weighted by molar-refractivity contribution is -0.0498. The van der Waals surface area contributed by atoms with Crippen LogP contribution < -0.4 is 4.74 Å². The van der Waals surface area contributed by atoms with Crippen LogP contribution in [0, 0.1) is 6.92 Å². The molecule has 0 spiro atoms. The first-order valence-corrected chi connectivity index (χ1v) is 8.70. The molecule has 6 nitrogen and oxygen atoms in total. The SMILES string of the molecule is Cc1nc(C(=O)N(C)Cc2ccc(OC(F)F)cc2)nn1-c1ccccc1Cl. The zero-order chi connectivity index (χ0) is 20.3. The lowest BCUT2D eigenvalue weighted by Crippen LogP contribution is -2.27. The van der Waals surface area contributed by atoms with Gasteiger partial charge >= 0.3 is 6.61 Å². The zero-order valence-electron chi connectivity index (χ0n) is 15.1. The van der Waals surface area contributed by atoms with Crippen LogP contribution in [-0.2, 0) is 6.54 Å². The van der Waals surface area contributed by atoms with Gasteiger partial charge in [-0.3, -0.25) is 4.79 Å². The fraction of sp³-hybridized carbons (Fsp3) is 0.211. The predicted molar refractivity (Wildman–Crippen MR) is 100.0 cm³/mol. The second kappa shape index (κ2) is 8.35. The van der Waals surface area contributed by atoms with Crippen LogP contribution in [0.25, 0.3) is 5.69 Å². The van der Waals surface area contributed by atoms with Gasteiger partial charge in [-0.1, -0.05) is 35.9 Å². The van der Waals surface area contributed by atoms with E-state index >= 15 is 0 Å². The molecule has 0 unspecified atom stereocenters. The molecule has 0 atom stereocenters. The second-order valence-electron chi connectivity index (χ2n) is 6.03. The number of alkyl halides is 2. The van der Waals surface area contributed by atoms with Crippen molar-refractivity contribution >= 4 is 17.5 Å². The van der Waals surface area contributed by atoms with E-state index in [0.717, 1.165) is 5.56 Å². The maximum Gasteiger partial charge on any atom is 0.387 e. The topological polar surface area (TPSA) is 60.3 Å². The van der Waals surface area contributed by atoms with Crippen LogP contribution in [0.15, 0.2) is 48.5 Å². The fourth-order valence-corrected chi connectivity index (χ4v) is 2.84. The highest BCUT2D eigenvalue weighted by Gasteiger charge is 2.20. The number of benzene rings is 2. The van der Waals surface area contributed by atoms with Crippen LogP contribution in [0.1, 0.15) is 22.0 Å². The van der Waals surface area contributed by atoms with Crippen molar-refractivity contribution in [1.82, 2.24) is 19.7 Å². The minimum Gasteiger partial charge on any atom is -0.435 e. The number of amides is 1. The number of halogens is 3. The predicted octanol–water partition coefficient (Wildman–Crippen LogP) is 4.10. The van der Waals surface area contributed by atoms with Crippen molar-refractivity contribution in [3.05, 3.63) is 70.8 Å². The van der Waals surface area contributed by atoms with Crippen LogP contribution in [0.3, 0.4) is 0 Å². The molecular formula is C19H17ClF2N4O2. The molecule has 0 N–H and O–H groups in total. The molecule has 0 aliphatic carbocycles. The van der Waals surface area contributed by atoms with Crippen LogP contribution in [0.4, 0.5) is 8.78 Å². The van der Waals surface area contributed by atoms with Crippen LogP contribution in [0.5, 0.6) is 5.75 Å². The Morgan fingerprint density at radius 2 is 1.89 bits per heavy atom. The summed E-state index contributed by atoms with van der Waals surface area (Å²) in [6, 6.07) is 13.2. The van der Waals surface area contributed by atoms with Gasteiger partial charge in [0.2, 0.25) is 5.82 Å². The quantitative estimate of drug-likeness (QED) is 0.618. The summed E-state index contributed by atoms with van der Waals surface area (Å²) >= 11 is 6.19. The van der Waals surface area contributed by atoms with E-state index in [1.54, 1.807) is 44.3 Å². The highest BCUT2D eigenvalue weighted by Crippen LogP contribution is 2.21. The van der Waals surface area contributed by atoms with Crippen molar-refractivity contribution < 1.29 is 18.3 Å². The van der Waals surface area contributed by atoms with Crippen molar-refractivity contribution in [2.75, 3.05) is 7.05 Å². The Morgan fingerprint density at radius 1 is 1.21 bits per heavy atom. The molecule has 0 radical (unpaired) electrons. The first-order valence-electron chi connectivity index (χ1n) is 8.33. The van der Waals surface area contributed by atoms with Gasteiger partial charge in [-0.2, -0.15) is 8.78 Å². The van der Waals surface area contributed by atoms with Gasteiger partial charge in [-0.25, -0.2) is 9.67 Å². The Labute approximate surface area is 165 Å². The Hall–Kier alpha value is -3.00. The smallest absolute Gasteiger partial charge is 0.387 e. The highest BCUT2D eigenvalue weighted by molar-refractivity contribution is 6.32. The van der Waals surface area contributed by atoms with E-state index in [4.69, 9.17) is 11.6 Å². The molecule has 0 saturated heterocycles. The molecule has 1 heterocycles. The first-order chi connectivity index (χ1) is 13.3.